The van der Waals surface area contributed by atoms with E-state index < -0.39 is 0 Å². The molecule has 2 rings (SSSR count). The van der Waals surface area contributed by atoms with Crippen molar-refractivity contribution in [3.63, 3.8) is 0 Å². The molecule has 0 N–H and O–H groups in total. The van der Waals surface area contributed by atoms with Crippen molar-refractivity contribution in [2.24, 2.45) is 4.99 Å². The Hall–Kier alpha value is -1.51. The van der Waals surface area contributed by atoms with Gasteiger partial charge in [0.05, 0.1) is 13.7 Å². The molecular weight excluding hydrogens is 178 g/mol. The summed E-state index contributed by atoms with van der Waals surface area (Å²) in [5, 5.41) is 0. The van der Waals surface area contributed by atoms with E-state index in [9.17, 15) is 0 Å². The highest BCUT2D eigenvalue weighted by Gasteiger charge is 2.13. The lowest BCUT2D eigenvalue weighted by Crippen LogP contribution is -2.03. The van der Waals surface area contributed by atoms with Crippen LogP contribution in [0, 0.1) is 6.92 Å². The maximum Gasteiger partial charge on any atom is 0.216 e. The number of benzene rings is 1. The number of aryl methyl sites for hydroxylation is 1. The molecule has 0 radical (unpaired) electrons. The smallest absolute Gasteiger partial charge is 0.216 e. The molecule has 1 heterocycles. The number of methoxy groups -OCH3 is 1. The third-order valence-corrected chi connectivity index (χ3v) is 2.26. The van der Waals surface area contributed by atoms with E-state index in [0.717, 1.165) is 29.3 Å². The monoisotopic (exact) mass is 191 g/mol. The minimum atomic E-state index is 0.686. The average molecular weight is 191 g/mol. The molecule has 14 heavy (non-hydrogen) atoms. The third kappa shape index (κ3) is 1.58. The Kier molecular flexibility index (Phi) is 2.39. The first-order valence-electron chi connectivity index (χ1n) is 4.63. The van der Waals surface area contributed by atoms with Crippen molar-refractivity contribution in [1.29, 1.82) is 0 Å². The minimum absolute atomic E-state index is 0.686. The Morgan fingerprint density at radius 2 is 2.29 bits per heavy atom. The van der Waals surface area contributed by atoms with Gasteiger partial charge in [-0.2, -0.15) is 0 Å². The van der Waals surface area contributed by atoms with Gasteiger partial charge in [-0.3, -0.25) is 0 Å². The van der Waals surface area contributed by atoms with E-state index in [1.54, 1.807) is 7.11 Å². The molecule has 0 bridgehead atoms. The number of hydrogen-bond acceptors (Lipinski definition) is 3. The predicted octanol–water partition coefficient (Wildman–Crippen LogP) is 1.78. The maximum absolute atomic E-state index is 5.41. The highest BCUT2D eigenvalue weighted by molar-refractivity contribution is 5.96. The van der Waals surface area contributed by atoms with Gasteiger partial charge in [-0.1, -0.05) is 6.07 Å². The quantitative estimate of drug-likeness (QED) is 0.713. The summed E-state index contributed by atoms with van der Waals surface area (Å²) < 4.78 is 10.6. The summed E-state index contributed by atoms with van der Waals surface area (Å²) in [6, 6.07) is 5.91. The summed E-state index contributed by atoms with van der Waals surface area (Å²) in [6.07, 6.45) is 0. The van der Waals surface area contributed by atoms with Crippen LogP contribution < -0.4 is 4.74 Å². The molecular formula is C11H13NO2. The minimum Gasteiger partial charge on any atom is -0.497 e. The van der Waals surface area contributed by atoms with E-state index in [1.807, 2.05) is 25.1 Å². The Balaban J connectivity index is 2.40. The molecule has 0 spiro atoms. The van der Waals surface area contributed by atoms with Crippen LogP contribution >= 0.6 is 0 Å². The zero-order valence-electron chi connectivity index (χ0n) is 8.41. The summed E-state index contributed by atoms with van der Waals surface area (Å²) in [6.45, 7) is 3.48. The van der Waals surface area contributed by atoms with Crippen LogP contribution in [0.3, 0.4) is 0 Å². The van der Waals surface area contributed by atoms with Crippen molar-refractivity contribution >= 4 is 5.90 Å². The average Bonchev–Trinajstić information content (AvgIpc) is 2.71. The van der Waals surface area contributed by atoms with Crippen LogP contribution in [0.1, 0.15) is 11.1 Å². The molecule has 1 aromatic carbocycles. The zero-order valence-corrected chi connectivity index (χ0v) is 8.41. The maximum atomic E-state index is 5.41. The highest BCUT2D eigenvalue weighted by Crippen LogP contribution is 2.19. The first-order valence-corrected chi connectivity index (χ1v) is 4.63. The molecule has 74 valence electrons. The Morgan fingerprint density at radius 1 is 1.43 bits per heavy atom. The lowest BCUT2D eigenvalue weighted by Gasteiger charge is -2.07. The molecule has 0 saturated carbocycles. The van der Waals surface area contributed by atoms with Gasteiger partial charge in [0.2, 0.25) is 5.90 Å². The van der Waals surface area contributed by atoms with E-state index in [-0.39, 0.29) is 0 Å². The van der Waals surface area contributed by atoms with Crippen LogP contribution in [0.5, 0.6) is 5.75 Å². The van der Waals surface area contributed by atoms with Crippen LogP contribution in [-0.2, 0) is 4.74 Å². The number of hydrogen-bond donors (Lipinski definition) is 0. The van der Waals surface area contributed by atoms with Crippen LogP contribution in [0.25, 0.3) is 0 Å². The molecule has 3 heteroatoms. The molecule has 0 saturated heterocycles. The van der Waals surface area contributed by atoms with Crippen molar-refractivity contribution in [2.75, 3.05) is 20.3 Å². The standard InChI is InChI=1S/C11H13NO2/c1-8-3-4-9(13-2)7-10(8)11-12-5-6-14-11/h3-4,7H,5-6H2,1-2H3. The van der Waals surface area contributed by atoms with Gasteiger partial charge in [-0.05, 0) is 24.6 Å². The molecule has 0 aromatic heterocycles. The van der Waals surface area contributed by atoms with Crippen LogP contribution in [-0.4, -0.2) is 26.2 Å². The van der Waals surface area contributed by atoms with Gasteiger partial charge in [0.1, 0.15) is 12.4 Å². The predicted molar refractivity (Wildman–Crippen MR) is 55.1 cm³/mol. The highest BCUT2D eigenvalue weighted by atomic mass is 16.5. The van der Waals surface area contributed by atoms with Crippen molar-refractivity contribution in [3.05, 3.63) is 29.3 Å². The van der Waals surface area contributed by atoms with Crippen LogP contribution in [0.15, 0.2) is 23.2 Å². The van der Waals surface area contributed by atoms with Gasteiger partial charge in [-0.25, -0.2) is 4.99 Å². The van der Waals surface area contributed by atoms with E-state index >= 15 is 0 Å². The Morgan fingerprint density at radius 3 is 2.93 bits per heavy atom. The fourth-order valence-electron chi connectivity index (χ4n) is 1.46. The number of rotatable bonds is 2. The largest absolute Gasteiger partial charge is 0.497 e. The molecule has 0 unspecified atom stereocenters. The van der Waals surface area contributed by atoms with Crippen LogP contribution in [0.4, 0.5) is 0 Å². The molecule has 0 amide bonds. The molecule has 3 nitrogen and oxygen atoms in total. The number of nitrogens with zero attached hydrogens (tertiary/aromatic N) is 1. The van der Waals surface area contributed by atoms with E-state index in [0.29, 0.717) is 6.61 Å². The fraction of sp³-hybridized carbons (Fsp3) is 0.364. The zero-order chi connectivity index (χ0) is 9.97. The van der Waals surface area contributed by atoms with Gasteiger partial charge in [-0.15, -0.1) is 0 Å². The summed E-state index contributed by atoms with van der Waals surface area (Å²) in [7, 11) is 1.66. The van der Waals surface area contributed by atoms with E-state index in [4.69, 9.17) is 9.47 Å². The second kappa shape index (κ2) is 3.70. The molecule has 0 fully saturated rings. The molecule has 1 aromatic rings. The number of ether oxygens (including phenoxy) is 2. The fourth-order valence-corrected chi connectivity index (χ4v) is 1.46. The lowest BCUT2D eigenvalue weighted by molar-refractivity contribution is 0.348. The van der Waals surface area contributed by atoms with Crippen molar-refractivity contribution < 1.29 is 9.47 Å². The van der Waals surface area contributed by atoms with Gasteiger partial charge in [0.15, 0.2) is 0 Å². The van der Waals surface area contributed by atoms with Gasteiger partial charge >= 0.3 is 0 Å². The lowest BCUT2D eigenvalue weighted by atomic mass is 10.1. The molecule has 0 atom stereocenters. The SMILES string of the molecule is COc1ccc(C)c(C2=NCCO2)c1. The van der Waals surface area contributed by atoms with Gasteiger partial charge in [0.25, 0.3) is 0 Å². The summed E-state index contributed by atoms with van der Waals surface area (Å²) in [5.74, 6) is 1.57. The van der Waals surface area contributed by atoms with Crippen molar-refractivity contribution in [2.45, 2.75) is 6.92 Å². The Bertz CT molecular complexity index is 372. The van der Waals surface area contributed by atoms with Gasteiger partial charge in [0, 0.05) is 5.56 Å². The first-order chi connectivity index (χ1) is 6.81. The topological polar surface area (TPSA) is 30.8 Å². The second-order valence-electron chi connectivity index (χ2n) is 3.22. The molecule has 1 aliphatic rings. The second-order valence-corrected chi connectivity index (χ2v) is 3.22. The van der Waals surface area contributed by atoms with E-state index in [1.165, 1.54) is 0 Å². The Labute approximate surface area is 83.4 Å². The third-order valence-electron chi connectivity index (χ3n) is 2.26. The molecule has 1 aliphatic heterocycles. The normalized spacial score (nSPS) is 14.9. The first kappa shape index (κ1) is 9.06. The number of aliphatic imine (C=N–C) groups is 1. The summed E-state index contributed by atoms with van der Waals surface area (Å²) in [4.78, 5) is 4.28. The summed E-state index contributed by atoms with van der Waals surface area (Å²) in [5.41, 5.74) is 2.19. The van der Waals surface area contributed by atoms with Crippen molar-refractivity contribution in [1.82, 2.24) is 0 Å². The van der Waals surface area contributed by atoms with Gasteiger partial charge < -0.3 is 9.47 Å². The van der Waals surface area contributed by atoms with Crippen molar-refractivity contribution in [3.8, 4) is 5.75 Å². The summed E-state index contributed by atoms with van der Waals surface area (Å²) >= 11 is 0. The molecule has 0 aliphatic carbocycles. The van der Waals surface area contributed by atoms with Crippen LogP contribution in [0.2, 0.25) is 0 Å². The van der Waals surface area contributed by atoms with E-state index in [2.05, 4.69) is 4.99 Å².